The molecule has 1 N–H and O–H groups in total. The minimum Gasteiger partial charge on any atom is -0.388 e. The zero-order valence-electron chi connectivity index (χ0n) is 13.3. The molecule has 0 aromatic heterocycles. The molecule has 0 amide bonds. The molecule has 0 spiro atoms. The van der Waals surface area contributed by atoms with Gasteiger partial charge in [0.2, 0.25) is 0 Å². The molecule has 1 aromatic rings. The van der Waals surface area contributed by atoms with Crippen LogP contribution in [0.15, 0.2) is 24.3 Å². The van der Waals surface area contributed by atoms with Crippen molar-refractivity contribution >= 4 is 0 Å². The molecule has 2 saturated heterocycles. The molecular formula is C18H25N3O. The lowest BCUT2D eigenvalue weighted by molar-refractivity contribution is -0.0776. The van der Waals surface area contributed by atoms with Gasteiger partial charge in [0, 0.05) is 19.6 Å². The maximum absolute atomic E-state index is 10.7. The molecule has 118 valence electrons. The number of nitriles is 1. The quantitative estimate of drug-likeness (QED) is 0.927. The molecule has 0 bridgehead atoms. The number of rotatable bonds is 3. The second-order valence-electron chi connectivity index (χ2n) is 6.91. The third-order valence-corrected chi connectivity index (χ3v) is 5.15. The Morgan fingerprint density at radius 2 is 1.91 bits per heavy atom. The summed E-state index contributed by atoms with van der Waals surface area (Å²) in [6, 6.07) is 10.2. The van der Waals surface area contributed by atoms with Gasteiger partial charge in [-0.15, -0.1) is 0 Å². The number of aliphatic hydroxyl groups is 1. The number of hydrogen-bond donors (Lipinski definition) is 1. The van der Waals surface area contributed by atoms with Crippen LogP contribution in [0.25, 0.3) is 0 Å². The topological polar surface area (TPSA) is 50.5 Å². The molecule has 0 radical (unpaired) electrons. The zero-order chi connectivity index (χ0) is 15.6. The van der Waals surface area contributed by atoms with E-state index in [0.717, 1.165) is 39.1 Å². The van der Waals surface area contributed by atoms with Gasteiger partial charge in [0.25, 0.3) is 0 Å². The first-order valence-corrected chi connectivity index (χ1v) is 8.26. The van der Waals surface area contributed by atoms with E-state index >= 15 is 0 Å². The average molecular weight is 299 g/mol. The largest absolute Gasteiger partial charge is 0.388 e. The van der Waals surface area contributed by atoms with E-state index in [1.807, 2.05) is 31.2 Å². The van der Waals surface area contributed by atoms with Crippen LogP contribution in [-0.2, 0) is 6.54 Å². The lowest BCUT2D eigenvalue weighted by Crippen LogP contribution is -2.60. The summed E-state index contributed by atoms with van der Waals surface area (Å²) in [6.07, 6.45) is 3.33. The van der Waals surface area contributed by atoms with E-state index in [0.29, 0.717) is 5.56 Å². The predicted octanol–water partition coefficient (Wildman–Crippen LogP) is 1.98. The Morgan fingerprint density at radius 1 is 1.23 bits per heavy atom. The second-order valence-corrected chi connectivity index (χ2v) is 6.91. The monoisotopic (exact) mass is 299 g/mol. The van der Waals surface area contributed by atoms with Gasteiger partial charge in [-0.05, 0) is 57.0 Å². The summed E-state index contributed by atoms with van der Waals surface area (Å²) in [7, 11) is 0. The van der Waals surface area contributed by atoms with Crippen molar-refractivity contribution in [2.45, 2.75) is 44.4 Å². The van der Waals surface area contributed by atoms with Gasteiger partial charge in [0.1, 0.15) is 0 Å². The molecule has 1 aromatic carbocycles. The smallest absolute Gasteiger partial charge is 0.0991 e. The van der Waals surface area contributed by atoms with Crippen LogP contribution in [0.5, 0.6) is 0 Å². The van der Waals surface area contributed by atoms with Crippen LogP contribution in [-0.4, -0.2) is 52.7 Å². The highest BCUT2D eigenvalue weighted by Gasteiger charge is 2.41. The van der Waals surface area contributed by atoms with Crippen molar-refractivity contribution in [3.05, 3.63) is 35.4 Å². The molecule has 4 nitrogen and oxygen atoms in total. The van der Waals surface area contributed by atoms with Crippen LogP contribution < -0.4 is 0 Å². The van der Waals surface area contributed by atoms with Gasteiger partial charge in [0.05, 0.1) is 23.3 Å². The summed E-state index contributed by atoms with van der Waals surface area (Å²) >= 11 is 0. The van der Waals surface area contributed by atoms with E-state index in [9.17, 15) is 5.11 Å². The van der Waals surface area contributed by atoms with Crippen LogP contribution in [0.1, 0.15) is 37.3 Å². The third kappa shape index (κ3) is 3.33. The summed E-state index contributed by atoms with van der Waals surface area (Å²) in [5.41, 5.74) is 1.37. The Labute approximate surface area is 133 Å². The van der Waals surface area contributed by atoms with Gasteiger partial charge >= 0.3 is 0 Å². The zero-order valence-corrected chi connectivity index (χ0v) is 13.3. The lowest BCUT2D eigenvalue weighted by atomic mass is 9.87. The van der Waals surface area contributed by atoms with Crippen LogP contribution in [0.2, 0.25) is 0 Å². The number of nitrogens with zero attached hydrogens (tertiary/aromatic N) is 3. The van der Waals surface area contributed by atoms with E-state index < -0.39 is 5.60 Å². The Bertz CT molecular complexity index is 540. The first kappa shape index (κ1) is 15.5. The molecule has 2 fully saturated rings. The van der Waals surface area contributed by atoms with Crippen molar-refractivity contribution in [2.24, 2.45) is 0 Å². The van der Waals surface area contributed by atoms with Crippen molar-refractivity contribution in [1.29, 1.82) is 5.26 Å². The molecule has 2 unspecified atom stereocenters. The summed E-state index contributed by atoms with van der Waals surface area (Å²) in [5.74, 6) is 0. The highest BCUT2D eigenvalue weighted by atomic mass is 16.3. The Hall–Kier alpha value is -1.41. The van der Waals surface area contributed by atoms with Gasteiger partial charge in [-0.1, -0.05) is 12.1 Å². The van der Waals surface area contributed by atoms with Crippen LogP contribution in [0, 0.1) is 11.3 Å². The molecule has 2 heterocycles. The number of benzene rings is 1. The summed E-state index contributed by atoms with van der Waals surface area (Å²) < 4.78 is 0. The van der Waals surface area contributed by atoms with Crippen molar-refractivity contribution in [2.75, 3.05) is 26.2 Å². The first-order valence-electron chi connectivity index (χ1n) is 8.26. The Morgan fingerprint density at radius 3 is 2.55 bits per heavy atom. The highest BCUT2D eigenvalue weighted by Crippen LogP contribution is 2.29. The SMILES string of the molecule is CC1(O)CCN(Cc2ccc(C#N)cc2)CC1N1CCCC1. The molecule has 0 saturated carbocycles. The van der Waals surface area contributed by atoms with Crippen molar-refractivity contribution in [3.63, 3.8) is 0 Å². The van der Waals surface area contributed by atoms with E-state index in [2.05, 4.69) is 15.9 Å². The molecule has 0 aliphatic carbocycles. The maximum Gasteiger partial charge on any atom is 0.0991 e. The van der Waals surface area contributed by atoms with E-state index in [4.69, 9.17) is 5.26 Å². The van der Waals surface area contributed by atoms with Crippen LogP contribution >= 0.6 is 0 Å². The fourth-order valence-electron chi connectivity index (χ4n) is 3.73. The van der Waals surface area contributed by atoms with Crippen LogP contribution in [0.4, 0.5) is 0 Å². The molecule has 2 aliphatic rings. The fraction of sp³-hybridized carbons (Fsp3) is 0.611. The van der Waals surface area contributed by atoms with Gasteiger partial charge in [-0.2, -0.15) is 5.26 Å². The van der Waals surface area contributed by atoms with Crippen molar-refractivity contribution < 1.29 is 5.11 Å². The van der Waals surface area contributed by atoms with Gasteiger partial charge in [0.15, 0.2) is 0 Å². The van der Waals surface area contributed by atoms with E-state index in [1.165, 1.54) is 18.4 Å². The van der Waals surface area contributed by atoms with Crippen molar-refractivity contribution in [1.82, 2.24) is 9.80 Å². The standard InChI is InChI=1S/C18H25N3O/c1-18(22)8-11-20(14-17(18)21-9-2-3-10-21)13-16-6-4-15(12-19)5-7-16/h4-7,17,22H,2-3,8-11,13-14H2,1H3. The minimum absolute atomic E-state index is 0.238. The highest BCUT2D eigenvalue weighted by molar-refractivity contribution is 5.31. The Kier molecular flexibility index (Phi) is 4.49. The van der Waals surface area contributed by atoms with Crippen LogP contribution in [0.3, 0.4) is 0 Å². The first-order chi connectivity index (χ1) is 10.6. The minimum atomic E-state index is -0.578. The summed E-state index contributed by atoms with van der Waals surface area (Å²) in [4.78, 5) is 4.90. The van der Waals surface area contributed by atoms with E-state index in [-0.39, 0.29) is 6.04 Å². The van der Waals surface area contributed by atoms with E-state index in [1.54, 1.807) is 0 Å². The number of piperidine rings is 1. The maximum atomic E-state index is 10.7. The molecule has 3 rings (SSSR count). The Balaban J connectivity index is 1.66. The van der Waals surface area contributed by atoms with Crippen molar-refractivity contribution in [3.8, 4) is 6.07 Å². The summed E-state index contributed by atoms with van der Waals surface area (Å²) in [6.45, 7) is 6.97. The number of likely N-dealkylation sites (tertiary alicyclic amines) is 2. The second kappa shape index (κ2) is 6.37. The number of hydrogen-bond acceptors (Lipinski definition) is 4. The molecular weight excluding hydrogens is 274 g/mol. The molecule has 2 aliphatic heterocycles. The fourth-order valence-corrected chi connectivity index (χ4v) is 3.73. The van der Waals surface area contributed by atoms with Gasteiger partial charge in [-0.3, -0.25) is 9.80 Å². The molecule has 2 atom stereocenters. The summed E-state index contributed by atoms with van der Waals surface area (Å²) in [5, 5.41) is 19.6. The predicted molar refractivity (Wildman–Crippen MR) is 86.3 cm³/mol. The lowest BCUT2D eigenvalue weighted by Gasteiger charge is -2.46. The third-order valence-electron chi connectivity index (χ3n) is 5.15. The molecule has 4 heteroatoms. The normalized spacial score (nSPS) is 30.3. The van der Waals surface area contributed by atoms with Gasteiger partial charge in [-0.25, -0.2) is 0 Å². The average Bonchev–Trinajstić information content (AvgIpc) is 3.04. The van der Waals surface area contributed by atoms with Gasteiger partial charge < -0.3 is 5.11 Å². The molecule has 22 heavy (non-hydrogen) atoms.